The quantitative estimate of drug-likeness (QED) is 0.436. The van der Waals surface area contributed by atoms with Gasteiger partial charge in [0, 0.05) is 0 Å². The van der Waals surface area contributed by atoms with Crippen molar-refractivity contribution in [2.45, 2.75) is 26.2 Å². The molecule has 0 aliphatic heterocycles. The highest BCUT2D eigenvalue weighted by molar-refractivity contribution is 14.2. The fraction of sp³-hybridized carbons (Fsp3) is 1.00. The summed E-state index contributed by atoms with van der Waals surface area (Å²) >= 11 is 1.20. The van der Waals surface area contributed by atoms with Crippen molar-refractivity contribution in [2.75, 3.05) is 6.61 Å². The van der Waals surface area contributed by atoms with Crippen molar-refractivity contribution in [3.63, 3.8) is 0 Å². The van der Waals surface area contributed by atoms with Crippen molar-refractivity contribution in [2.24, 2.45) is 0 Å². The maximum absolute atomic E-state index is 12.1. The van der Waals surface area contributed by atoms with Crippen LogP contribution in [0.5, 0.6) is 0 Å². The molecule has 1 unspecified atom stereocenters. The molecule has 0 rings (SSSR count). The molecule has 0 saturated carbocycles. The second kappa shape index (κ2) is 5.49. The third-order valence-corrected chi connectivity index (χ3v) is 2.31. The molecule has 2 nitrogen and oxygen atoms in total. The maximum Gasteiger partial charge on any atom is 0.424 e. The van der Waals surface area contributed by atoms with E-state index in [0.717, 1.165) is 19.3 Å². The van der Waals surface area contributed by atoms with E-state index in [1.807, 2.05) is 6.92 Å². The molecule has 0 aliphatic carbocycles. The highest BCUT2D eigenvalue weighted by atomic mass is 127. The molecule has 5 heteroatoms. The van der Waals surface area contributed by atoms with E-state index in [-0.39, 0.29) is 6.61 Å². The molecule has 0 radical (unpaired) electrons. The van der Waals surface area contributed by atoms with Gasteiger partial charge in [-0.05, 0) is 6.42 Å². The predicted octanol–water partition coefficient (Wildman–Crippen LogP) is 3.71. The van der Waals surface area contributed by atoms with E-state index < -0.39 is 5.32 Å². The van der Waals surface area contributed by atoms with Gasteiger partial charge in [-0.15, -0.1) is 4.20 Å². The molecule has 1 atom stereocenters. The molecule has 0 amide bonds. The van der Waals surface area contributed by atoms with Crippen LogP contribution in [0.2, 0.25) is 0 Å². The Hall–Kier alpha value is 0.850. The van der Waals surface area contributed by atoms with E-state index in [9.17, 15) is 8.76 Å². The maximum atomic E-state index is 12.1. The lowest BCUT2D eigenvalue weighted by atomic mass is 10.3. The second-order valence-corrected chi connectivity index (χ2v) is 6.50. The Morgan fingerprint density at radius 1 is 1.60 bits per heavy atom. The Bertz CT molecular complexity index is 125. The van der Waals surface area contributed by atoms with Crippen LogP contribution in [-0.4, -0.2) is 6.61 Å². The third kappa shape index (κ3) is 8.85. The van der Waals surface area contributed by atoms with Gasteiger partial charge in [-0.25, -0.2) is 4.57 Å². The minimum Gasteiger partial charge on any atom is -0.298 e. The van der Waals surface area contributed by atoms with E-state index in [2.05, 4.69) is 4.52 Å². The van der Waals surface area contributed by atoms with E-state index in [1.54, 1.807) is 0 Å². The average molecular weight is 280 g/mol. The molecule has 0 aromatic rings. The Labute approximate surface area is 73.6 Å². The standard InChI is InChI=1S/C5H11FIO2P/c1-2-3-4-5-9-10(6,7)8/h2-5H2,1H3. The van der Waals surface area contributed by atoms with Crippen molar-refractivity contribution in [3.05, 3.63) is 0 Å². The lowest BCUT2D eigenvalue weighted by molar-refractivity contribution is 0.294. The second-order valence-electron chi connectivity index (χ2n) is 1.95. The molecule has 0 heterocycles. The Morgan fingerprint density at radius 2 is 2.20 bits per heavy atom. The summed E-state index contributed by atoms with van der Waals surface area (Å²) in [4.78, 5) is 0. The van der Waals surface area contributed by atoms with Gasteiger partial charge < -0.3 is 0 Å². The van der Waals surface area contributed by atoms with Gasteiger partial charge >= 0.3 is 5.32 Å². The van der Waals surface area contributed by atoms with Crippen LogP contribution in [0.25, 0.3) is 0 Å². The highest BCUT2D eigenvalue weighted by Crippen LogP contribution is 2.57. The highest BCUT2D eigenvalue weighted by Gasteiger charge is 2.14. The van der Waals surface area contributed by atoms with Crippen LogP contribution in [0.3, 0.4) is 0 Å². The fourth-order valence-corrected chi connectivity index (χ4v) is 1.46. The summed E-state index contributed by atoms with van der Waals surface area (Å²) in [5.41, 5.74) is 0. The van der Waals surface area contributed by atoms with Crippen LogP contribution < -0.4 is 0 Å². The van der Waals surface area contributed by atoms with Crippen molar-refractivity contribution in [3.8, 4) is 0 Å². The Kier molecular flexibility index (Phi) is 5.96. The lowest BCUT2D eigenvalue weighted by Gasteiger charge is -2.01. The lowest BCUT2D eigenvalue weighted by Crippen LogP contribution is -1.86. The molecular weight excluding hydrogens is 269 g/mol. The van der Waals surface area contributed by atoms with Crippen LogP contribution in [0, 0.1) is 0 Å². The Morgan fingerprint density at radius 3 is 2.60 bits per heavy atom. The minimum absolute atomic E-state index is 0.268. The molecule has 0 fully saturated rings. The minimum atomic E-state index is -3.74. The first-order valence-corrected chi connectivity index (χ1v) is 7.50. The van der Waals surface area contributed by atoms with E-state index in [4.69, 9.17) is 0 Å². The van der Waals surface area contributed by atoms with Crippen molar-refractivity contribution in [1.29, 1.82) is 0 Å². The van der Waals surface area contributed by atoms with Crippen LogP contribution in [0.1, 0.15) is 26.2 Å². The van der Waals surface area contributed by atoms with Crippen molar-refractivity contribution < 1.29 is 13.3 Å². The molecule has 0 aromatic carbocycles. The Balaban J connectivity index is 3.13. The average Bonchev–Trinajstić information content (AvgIpc) is 1.78. The first-order chi connectivity index (χ1) is 4.56. The van der Waals surface area contributed by atoms with Gasteiger partial charge in [-0.3, -0.25) is 4.52 Å². The number of unbranched alkanes of at least 4 members (excludes halogenated alkanes) is 2. The molecule has 0 aromatic heterocycles. The monoisotopic (exact) mass is 280 g/mol. The van der Waals surface area contributed by atoms with Gasteiger partial charge in [-0.2, -0.15) is 0 Å². The van der Waals surface area contributed by atoms with E-state index >= 15 is 0 Å². The summed E-state index contributed by atoms with van der Waals surface area (Å²) < 4.78 is 26.8. The molecule has 0 spiro atoms. The fourth-order valence-electron chi connectivity index (χ4n) is 0.523. The first kappa shape index (κ1) is 10.8. The zero-order valence-electron chi connectivity index (χ0n) is 5.85. The predicted molar refractivity (Wildman–Crippen MR) is 48.2 cm³/mol. The summed E-state index contributed by atoms with van der Waals surface area (Å²) in [6, 6.07) is 0. The summed E-state index contributed by atoms with van der Waals surface area (Å²) in [6.45, 7) is 2.31. The van der Waals surface area contributed by atoms with Gasteiger partial charge in [0.2, 0.25) is 0 Å². The van der Waals surface area contributed by atoms with Crippen molar-refractivity contribution in [1.82, 2.24) is 0 Å². The number of halogens is 2. The zero-order valence-corrected chi connectivity index (χ0v) is 8.90. The number of rotatable bonds is 5. The smallest absolute Gasteiger partial charge is 0.298 e. The molecule has 0 N–H and O–H groups in total. The number of hydrogen-bond acceptors (Lipinski definition) is 2. The normalized spacial score (nSPS) is 16.7. The largest absolute Gasteiger partial charge is 0.424 e. The van der Waals surface area contributed by atoms with Crippen LogP contribution in [-0.2, 0) is 9.09 Å². The molecule has 0 aliphatic rings. The summed E-state index contributed by atoms with van der Waals surface area (Å²) in [6.07, 6.45) is 2.84. The zero-order chi connectivity index (χ0) is 8.04. The van der Waals surface area contributed by atoms with Crippen LogP contribution in [0.15, 0.2) is 0 Å². The molecule has 0 bridgehead atoms. The summed E-state index contributed by atoms with van der Waals surface area (Å²) in [5.74, 6) is 0. The molecule has 10 heavy (non-hydrogen) atoms. The van der Waals surface area contributed by atoms with Gasteiger partial charge in [0.1, 0.15) is 0 Å². The first-order valence-electron chi connectivity index (χ1n) is 3.20. The van der Waals surface area contributed by atoms with Gasteiger partial charge in [0.05, 0.1) is 28.6 Å². The topological polar surface area (TPSA) is 26.3 Å². The van der Waals surface area contributed by atoms with Crippen LogP contribution in [0.4, 0.5) is 4.20 Å². The third-order valence-electron chi connectivity index (χ3n) is 0.989. The SMILES string of the molecule is CCCCCOP(=O)(F)I. The van der Waals surface area contributed by atoms with Crippen molar-refractivity contribution >= 4 is 27.4 Å². The number of hydrogen-bond donors (Lipinski definition) is 0. The molecular formula is C5H11FIO2P. The van der Waals surface area contributed by atoms with Gasteiger partial charge in [0.15, 0.2) is 0 Å². The molecule has 62 valence electrons. The summed E-state index contributed by atoms with van der Waals surface area (Å²) in [7, 11) is 0. The van der Waals surface area contributed by atoms with E-state index in [0.29, 0.717) is 0 Å². The summed E-state index contributed by atoms with van der Waals surface area (Å²) in [5, 5.41) is -3.74. The van der Waals surface area contributed by atoms with Gasteiger partial charge in [0.25, 0.3) is 0 Å². The molecule has 0 saturated heterocycles. The van der Waals surface area contributed by atoms with Crippen LogP contribution >= 0.6 is 27.4 Å². The van der Waals surface area contributed by atoms with Gasteiger partial charge in [-0.1, -0.05) is 19.8 Å². The van der Waals surface area contributed by atoms with E-state index in [1.165, 1.54) is 22.0 Å².